The second-order valence-electron chi connectivity index (χ2n) is 5.69. The summed E-state index contributed by atoms with van der Waals surface area (Å²) < 4.78 is 0. The summed E-state index contributed by atoms with van der Waals surface area (Å²) in [5.74, 6) is 0. The zero-order valence-electron chi connectivity index (χ0n) is 14.6. The summed E-state index contributed by atoms with van der Waals surface area (Å²) in [6, 6.07) is 14.8. The Hall–Kier alpha value is -1.57. The molecule has 2 aromatic rings. The van der Waals surface area contributed by atoms with E-state index in [0.29, 0.717) is 11.1 Å². The van der Waals surface area contributed by atoms with Crippen LogP contribution in [0.5, 0.6) is 0 Å². The molecule has 0 amide bonds. The van der Waals surface area contributed by atoms with Crippen molar-refractivity contribution in [3.05, 3.63) is 59.7 Å². The van der Waals surface area contributed by atoms with E-state index in [1.165, 1.54) is 9.83 Å². The Labute approximate surface area is 160 Å². The van der Waals surface area contributed by atoms with E-state index in [9.17, 15) is 9.59 Å². The van der Waals surface area contributed by atoms with Gasteiger partial charge in [-0.25, -0.2) is 0 Å². The van der Waals surface area contributed by atoms with E-state index in [1.54, 1.807) is 24.3 Å². The van der Waals surface area contributed by atoms with Gasteiger partial charge in [-0.05, 0) is 79.9 Å². The summed E-state index contributed by atoms with van der Waals surface area (Å²) in [5.41, 5.74) is 3.35. The first-order valence-corrected chi connectivity index (χ1v) is 11.0. The van der Waals surface area contributed by atoms with Gasteiger partial charge in [-0.1, -0.05) is 0 Å². The number of anilines is 2. The molecule has 0 radical (unpaired) electrons. The normalized spacial score (nSPS) is 10.4. The van der Waals surface area contributed by atoms with Gasteiger partial charge < -0.3 is 9.80 Å². The van der Waals surface area contributed by atoms with Crippen LogP contribution in [0.15, 0.2) is 48.5 Å². The topological polar surface area (TPSA) is 40.6 Å². The minimum absolute atomic E-state index is 0.0569. The number of nitrogens with zero attached hydrogens (tertiary/aromatic N) is 2. The summed E-state index contributed by atoms with van der Waals surface area (Å²) in [5, 5.41) is -0.114. The molecular weight excluding hydrogens is 372 g/mol. The maximum atomic E-state index is 12.2. The lowest BCUT2D eigenvalue weighted by atomic mass is 10.2. The molecule has 0 fully saturated rings. The Balaban J connectivity index is 1.84. The average Bonchev–Trinajstić information content (AvgIpc) is 2.61. The Morgan fingerprint density at radius 3 is 1.24 bits per heavy atom. The molecule has 0 saturated carbocycles. The van der Waals surface area contributed by atoms with Crippen molar-refractivity contribution in [1.29, 1.82) is 0 Å². The summed E-state index contributed by atoms with van der Waals surface area (Å²) in [7, 11) is 11.2. The number of rotatable bonds is 6. The minimum Gasteiger partial charge on any atom is -0.378 e. The molecule has 0 aliphatic heterocycles. The van der Waals surface area contributed by atoms with Gasteiger partial charge in [0, 0.05) is 50.7 Å². The van der Waals surface area contributed by atoms with Crippen LogP contribution in [0.4, 0.5) is 11.4 Å². The predicted molar refractivity (Wildman–Crippen MR) is 113 cm³/mol. The van der Waals surface area contributed by atoms with Crippen LogP contribution in [-0.4, -0.2) is 38.4 Å². The van der Waals surface area contributed by atoms with Crippen molar-refractivity contribution in [1.82, 2.24) is 0 Å². The van der Waals surface area contributed by atoms with Gasteiger partial charge in [-0.3, -0.25) is 9.59 Å². The Bertz CT molecular complexity index is 665. The van der Waals surface area contributed by atoms with Crippen molar-refractivity contribution in [3.8, 4) is 0 Å². The molecule has 2 aromatic carbocycles. The fourth-order valence-electron chi connectivity index (χ4n) is 1.97. The summed E-state index contributed by atoms with van der Waals surface area (Å²) >= 11 is 0. The zero-order chi connectivity index (χ0) is 18.4. The van der Waals surface area contributed by atoms with Crippen molar-refractivity contribution >= 4 is 53.0 Å². The van der Waals surface area contributed by atoms with E-state index in [4.69, 9.17) is 0 Å². The molecule has 4 nitrogen and oxygen atoms in total. The summed E-state index contributed by atoms with van der Waals surface area (Å²) in [6.07, 6.45) is 0. The van der Waals surface area contributed by atoms with Crippen LogP contribution in [0, 0.1) is 0 Å². The van der Waals surface area contributed by atoms with Crippen molar-refractivity contribution in [2.24, 2.45) is 0 Å². The molecule has 25 heavy (non-hydrogen) atoms. The van der Waals surface area contributed by atoms with Gasteiger partial charge in [0.15, 0.2) is 0 Å². The predicted octanol–water partition coefficient (Wildman–Crippen LogP) is 4.83. The SMILES string of the molecule is CN(C)c1ccc(C(=O)SSSC(=O)c2ccc(N(C)C)cc2)cc1. The maximum Gasteiger partial charge on any atom is 0.230 e. The number of carbonyl (C=O) groups excluding carboxylic acids is 2. The molecule has 0 aromatic heterocycles. The standard InChI is InChI=1S/C18H20N2O2S3/c1-19(2)15-9-5-13(6-10-15)17(21)23-25-24-18(22)14-7-11-16(12-8-14)20(3)4/h5-12H,1-4H3. The first kappa shape index (κ1) is 19.8. The van der Waals surface area contributed by atoms with Crippen molar-refractivity contribution in [3.63, 3.8) is 0 Å². The molecule has 0 atom stereocenters. The van der Waals surface area contributed by atoms with Crippen LogP contribution in [0.2, 0.25) is 0 Å². The van der Waals surface area contributed by atoms with Gasteiger partial charge in [0.25, 0.3) is 0 Å². The molecule has 0 aliphatic rings. The lowest BCUT2D eigenvalue weighted by Crippen LogP contribution is -2.08. The molecule has 0 N–H and O–H groups in total. The van der Waals surface area contributed by atoms with E-state index < -0.39 is 0 Å². The van der Waals surface area contributed by atoms with Crippen LogP contribution in [0.3, 0.4) is 0 Å². The number of carbonyl (C=O) groups is 2. The van der Waals surface area contributed by atoms with Gasteiger partial charge >= 0.3 is 0 Å². The number of hydrogen-bond donors (Lipinski definition) is 0. The zero-order valence-corrected chi connectivity index (χ0v) is 17.0. The highest BCUT2D eigenvalue weighted by Gasteiger charge is 2.12. The molecule has 0 spiro atoms. The lowest BCUT2D eigenvalue weighted by molar-refractivity contribution is 0.108. The lowest BCUT2D eigenvalue weighted by Gasteiger charge is -2.12. The smallest absolute Gasteiger partial charge is 0.230 e. The Morgan fingerprint density at radius 1 is 0.640 bits per heavy atom. The minimum atomic E-state index is -0.0569. The van der Waals surface area contributed by atoms with Crippen molar-refractivity contribution < 1.29 is 9.59 Å². The quantitative estimate of drug-likeness (QED) is 0.652. The van der Waals surface area contributed by atoms with Gasteiger partial charge in [0.1, 0.15) is 0 Å². The highest BCUT2D eigenvalue weighted by atomic mass is 33.5. The molecule has 0 heterocycles. The van der Waals surface area contributed by atoms with Gasteiger partial charge in [-0.15, -0.1) is 0 Å². The number of hydrogen-bond acceptors (Lipinski definition) is 7. The molecule has 0 saturated heterocycles. The van der Waals surface area contributed by atoms with Crippen molar-refractivity contribution in [2.45, 2.75) is 0 Å². The second kappa shape index (κ2) is 9.22. The third-order valence-electron chi connectivity index (χ3n) is 3.46. The second-order valence-corrected chi connectivity index (χ2v) is 9.54. The third kappa shape index (κ3) is 5.73. The molecule has 0 unspecified atom stereocenters. The molecule has 2 rings (SSSR count). The summed E-state index contributed by atoms with van der Waals surface area (Å²) in [4.78, 5) is 28.3. The van der Waals surface area contributed by atoms with E-state index in [0.717, 1.165) is 33.0 Å². The van der Waals surface area contributed by atoms with Crippen LogP contribution in [-0.2, 0) is 0 Å². The van der Waals surface area contributed by atoms with Crippen LogP contribution in [0.25, 0.3) is 0 Å². The highest BCUT2D eigenvalue weighted by Crippen LogP contribution is 2.39. The third-order valence-corrected chi connectivity index (χ3v) is 6.91. The van der Waals surface area contributed by atoms with Crippen LogP contribution >= 0.6 is 31.4 Å². The van der Waals surface area contributed by atoms with Crippen molar-refractivity contribution in [2.75, 3.05) is 38.0 Å². The van der Waals surface area contributed by atoms with E-state index >= 15 is 0 Å². The fourth-order valence-corrected chi connectivity index (χ4v) is 5.06. The van der Waals surface area contributed by atoms with E-state index in [2.05, 4.69) is 0 Å². The monoisotopic (exact) mass is 392 g/mol. The Morgan fingerprint density at radius 2 is 0.960 bits per heavy atom. The van der Waals surface area contributed by atoms with Crippen LogP contribution in [0.1, 0.15) is 20.7 Å². The molecular formula is C18H20N2O2S3. The van der Waals surface area contributed by atoms with Gasteiger partial charge in [-0.2, -0.15) is 0 Å². The highest BCUT2D eigenvalue weighted by molar-refractivity contribution is 9.14. The summed E-state index contributed by atoms with van der Waals surface area (Å²) in [6.45, 7) is 0. The first-order chi connectivity index (χ1) is 11.9. The van der Waals surface area contributed by atoms with Crippen LogP contribution < -0.4 is 9.80 Å². The van der Waals surface area contributed by atoms with E-state index in [1.807, 2.05) is 62.3 Å². The number of benzene rings is 2. The molecule has 0 bridgehead atoms. The largest absolute Gasteiger partial charge is 0.378 e. The molecule has 7 heteroatoms. The molecule has 132 valence electrons. The first-order valence-electron chi connectivity index (χ1n) is 7.53. The maximum absolute atomic E-state index is 12.2. The fraction of sp³-hybridized carbons (Fsp3) is 0.222. The average molecular weight is 393 g/mol. The Kier molecular flexibility index (Phi) is 7.28. The van der Waals surface area contributed by atoms with E-state index in [-0.39, 0.29) is 10.2 Å². The molecule has 0 aliphatic carbocycles. The van der Waals surface area contributed by atoms with Gasteiger partial charge in [0.2, 0.25) is 10.2 Å². The van der Waals surface area contributed by atoms with Gasteiger partial charge in [0.05, 0.1) is 0 Å².